The van der Waals surface area contributed by atoms with E-state index in [1.54, 1.807) is 18.2 Å². The molecule has 0 saturated carbocycles. The van der Waals surface area contributed by atoms with Crippen LogP contribution in [0, 0.1) is 10.1 Å². The molecular formula is C12H8F3N3O2. The molecule has 0 spiro atoms. The van der Waals surface area contributed by atoms with Gasteiger partial charge in [0.05, 0.1) is 10.5 Å². The number of pyridine rings is 1. The zero-order valence-corrected chi connectivity index (χ0v) is 9.89. The number of nitro groups is 1. The van der Waals surface area contributed by atoms with Gasteiger partial charge in [-0.25, -0.2) is 4.98 Å². The molecule has 0 radical (unpaired) electrons. The Kier molecular flexibility index (Phi) is 3.55. The Bertz CT molecular complexity index is 630. The van der Waals surface area contributed by atoms with Crippen molar-refractivity contribution in [1.82, 2.24) is 4.98 Å². The first-order valence-corrected chi connectivity index (χ1v) is 5.41. The first-order chi connectivity index (χ1) is 9.38. The minimum atomic E-state index is -4.63. The first kappa shape index (κ1) is 13.8. The SMILES string of the molecule is O=[N+]([O-])c1cc(C(F)(F)F)ccc1Nc1ccccn1. The molecule has 1 aromatic carbocycles. The van der Waals surface area contributed by atoms with Crippen LogP contribution in [0.1, 0.15) is 5.56 Å². The summed E-state index contributed by atoms with van der Waals surface area (Å²) in [6, 6.07) is 7.11. The van der Waals surface area contributed by atoms with E-state index in [0.29, 0.717) is 11.9 Å². The highest BCUT2D eigenvalue weighted by atomic mass is 19.4. The van der Waals surface area contributed by atoms with Crippen molar-refractivity contribution in [3.63, 3.8) is 0 Å². The van der Waals surface area contributed by atoms with Crippen molar-refractivity contribution in [2.24, 2.45) is 0 Å². The molecule has 1 aromatic heterocycles. The Balaban J connectivity index is 2.41. The lowest BCUT2D eigenvalue weighted by atomic mass is 10.1. The van der Waals surface area contributed by atoms with Gasteiger partial charge in [-0.05, 0) is 24.3 Å². The van der Waals surface area contributed by atoms with E-state index in [1.807, 2.05) is 0 Å². The van der Waals surface area contributed by atoms with E-state index in [-0.39, 0.29) is 5.69 Å². The van der Waals surface area contributed by atoms with Gasteiger partial charge in [0.15, 0.2) is 0 Å². The lowest BCUT2D eigenvalue weighted by Crippen LogP contribution is -2.07. The topological polar surface area (TPSA) is 68.1 Å². The molecule has 0 atom stereocenters. The van der Waals surface area contributed by atoms with E-state index >= 15 is 0 Å². The van der Waals surface area contributed by atoms with Crippen LogP contribution < -0.4 is 5.32 Å². The Morgan fingerprint density at radius 3 is 2.50 bits per heavy atom. The van der Waals surface area contributed by atoms with Crippen molar-refractivity contribution in [1.29, 1.82) is 0 Å². The van der Waals surface area contributed by atoms with Crippen molar-refractivity contribution >= 4 is 17.2 Å². The molecular weight excluding hydrogens is 275 g/mol. The van der Waals surface area contributed by atoms with Crippen molar-refractivity contribution in [3.8, 4) is 0 Å². The zero-order valence-electron chi connectivity index (χ0n) is 9.89. The van der Waals surface area contributed by atoms with Gasteiger partial charge in [0.1, 0.15) is 11.5 Å². The van der Waals surface area contributed by atoms with Crippen molar-refractivity contribution < 1.29 is 18.1 Å². The predicted octanol–water partition coefficient (Wildman–Crippen LogP) is 3.75. The number of anilines is 2. The fourth-order valence-electron chi connectivity index (χ4n) is 1.54. The number of nitro benzene ring substituents is 1. The number of aromatic nitrogens is 1. The van der Waals surface area contributed by atoms with Crippen molar-refractivity contribution in [2.45, 2.75) is 6.18 Å². The van der Waals surface area contributed by atoms with Gasteiger partial charge in [-0.1, -0.05) is 6.07 Å². The van der Waals surface area contributed by atoms with E-state index in [1.165, 1.54) is 6.20 Å². The lowest BCUT2D eigenvalue weighted by molar-refractivity contribution is -0.384. The standard InChI is InChI=1S/C12H8F3N3O2/c13-12(14,15)8-4-5-9(10(7-8)18(19)20)17-11-3-1-2-6-16-11/h1-7H,(H,16,17). The molecule has 0 fully saturated rings. The van der Waals surface area contributed by atoms with Gasteiger partial charge in [0.2, 0.25) is 0 Å². The zero-order chi connectivity index (χ0) is 14.8. The summed E-state index contributed by atoms with van der Waals surface area (Å²) in [4.78, 5) is 13.9. The average molecular weight is 283 g/mol. The van der Waals surface area contributed by atoms with Gasteiger partial charge in [-0.2, -0.15) is 13.2 Å². The summed E-state index contributed by atoms with van der Waals surface area (Å²) in [7, 11) is 0. The average Bonchev–Trinajstić information content (AvgIpc) is 2.38. The van der Waals surface area contributed by atoms with Gasteiger partial charge in [-0.15, -0.1) is 0 Å². The molecule has 5 nitrogen and oxygen atoms in total. The van der Waals surface area contributed by atoms with E-state index in [4.69, 9.17) is 0 Å². The maximum absolute atomic E-state index is 12.5. The van der Waals surface area contributed by atoms with Crippen molar-refractivity contribution in [2.75, 3.05) is 5.32 Å². The van der Waals surface area contributed by atoms with Crippen LogP contribution in [0.5, 0.6) is 0 Å². The third-order valence-electron chi connectivity index (χ3n) is 2.45. The summed E-state index contributed by atoms with van der Waals surface area (Å²) in [6.45, 7) is 0. The summed E-state index contributed by atoms with van der Waals surface area (Å²) in [5, 5.41) is 13.5. The lowest BCUT2D eigenvalue weighted by Gasteiger charge is -2.10. The van der Waals surface area contributed by atoms with E-state index in [0.717, 1.165) is 12.1 Å². The second-order valence-corrected chi connectivity index (χ2v) is 3.83. The van der Waals surface area contributed by atoms with Crippen LogP contribution in [0.15, 0.2) is 42.6 Å². The van der Waals surface area contributed by atoms with Crippen LogP contribution in [0.25, 0.3) is 0 Å². The summed E-state index contributed by atoms with van der Waals surface area (Å²) >= 11 is 0. The van der Waals surface area contributed by atoms with Gasteiger partial charge in [0, 0.05) is 12.3 Å². The molecule has 0 amide bonds. The summed E-state index contributed by atoms with van der Waals surface area (Å²) < 4.78 is 37.6. The number of halogens is 3. The largest absolute Gasteiger partial charge is 0.416 e. The molecule has 0 saturated heterocycles. The molecule has 0 unspecified atom stereocenters. The Hall–Kier alpha value is -2.64. The molecule has 0 aliphatic carbocycles. The van der Waals surface area contributed by atoms with Crippen LogP contribution in [0.2, 0.25) is 0 Å². The predicted molar refractivity (Wildman–Crippen MR) is 65.6 cm³/mol. The van der Waals surface area contributed by atoms with Crippen LogP contribution in [-0.2, 0) is 6.18 Å². The number of hydrogen-bond acceptors (Lipinski definition) is 4. The molecule has 1 N–H and O–H groups in total. The number of nitrogens with zero attached hydrogens (tertiary/aromatic N) is 2. The second kappa shape index (κ2) is 5.16. The third kappa shape index (κ3) is 3.02. The Morgan fingerprint density at radius 2 is 1.95 bits per heavy atom. The Labute approximate surface area is 111 Å². The normalized spacial score (nSPS) is 11.2. The molecule has 0 bridgehead atoms. The highest BCUT2D eigenvalue weighted by Gasteiger charge is 2.33. The summed E-state index contributed by atoms with van der Waals surface area (Å²) in [5.74, 6) is 0.301. The van der Waals surface area contributed by atoms with Crippen molar-refractivity contribution in [3.05, 3.63) is 58.3 Å². The summed E-state index contributed by atoms with van der Waals surface area (Å²) in [5.41, 5.74) is -1.79. The second-order valence-electron chi connectivity index (χ2n) is 3.83. The molecule has 20 heavy (non-hydrogen) atoms. The summed E-state index contributed by atoms with van der Waals surface area (Å²) in [6.07, 6.45) is -3.17. The van der Waals surface area contributed by atoms with Crippen LogP contribution >= 0.6 is 0 Å². The van der Waals surface area contributed by atoms with Gasteiger partial charge in [-0.3, -0.25) is 10.1 Å². The molecule has 2 aromatic rings. The highest BCUT2D eigenvalue weighted by Crippen LogP contribution is 2.35. The van der Waals surface area contributed by atoms with Crippen LogP contribution in [0.4, 0.5) is 30.4 Å². The quantitative estimate of drug-likeness (QED) is 0.688. The fourth-order valence-corrected chi connectivity index (χ4v) is 1.54. The number of benzene rings is 1. The molecule has 2 rings (SSSR count). The number of hydrogen-bond donors (Lipinski definition) is 1. The monoisotopic (exact) mass is 283 g/mol. The maximum Gasteiger partial charge on any atom is 0.416 e. The molecule has 0 aliphatic heterocycles. The molecule has 0 aliphatic rings. The molecule has 1 heterocycles. The van der Waals surface area contributed by atoms with E-state index < -0.39 is 22.4 Å². The van der Waals surface area contributed by atoms with Gasteiger partial charge >= 0.3 is 6.18 Å². The number of rotatable bonds is 3. The number of nitrogens with one attached hydrogen (secondary N) is 1. The van der Waals surface area contributed by atoms with E-state index in [2.05, 4.69) is 10.3 Å². The highest BCUT2D eigenvalue weighted by molar-refractivity contribution is 5.68. The van der Waals surface area contributed by atoms with Crippen LogP contribution in [-0.4, -0.2) is 9.91 Å². The van der Waals surface area contributed by atoms with Crippen LogP contribution in [0.3, 0.4) is 0 Å². The minimum absolute atomic E-state index is 0.0540. The maximum atomic E-state index is 12.5. The molecule has 8 heteroatoms. The smallest absolute Gasteiger partial charge is 0.335 e. The minimum Gasteiger partial charge on any atom is -0.335 e. The Morgan fingerprint density at radius 1 is 1.20 bits per heavy atom. The van der Waals surface area contributed by atoms with E-state index in [9.17, 15) is 23.3 Å². The van der Waals surface area contributed by atoms with Gasteiger partial charge < -0.3 is 5.32 Å². The molecule has 104 valence electrons. The first-order valence-electron chi connectivity index (χ1n) is 5.41. The van der Waals surface area contributed by atoms with Gasteiger partial charge in [0.25, 0.3) is 5.69 Å². The fraction of sp³-hybridized carbons (Fsp3) is 0.0833. The number of alkyl halides is 3. The third-order valence-corrected chi connectivity index (χ3v) is 2.45.